The van der Waals surface area contributed by atoms with Crippen molar-refractivity contribution < 1.29 is 28.7 Å². The van der Waals surface area contributed by atoms with Crippen LogP contribution in [-0.2, 0) is 25.5 Å². The molecule has 0 saturated carbocycles. The summed E-state index contributed by atoms with van der Waals surface area (Å²) in [6.07, 6.45) is -0.454. The number of hydrogen-bond acceptors (Lipinski definition) is 7. The maximum absolute atomic E-state index is 13.5. The van der Waals surface area contributed by atoms with Gasteiger partial charge in [-0.3, -0.25) is 14.5 Å². The minimum Gasteiger partial charge on any atom is -0.458 e. The number of ether oxygens (including phenoxy) is 2. The molecule has 1 heterocycles. The molecule has 1 fully saturated rings. The number of nitrogens with one attached hydrogen (secondary N) is 2. The average molecular weight is 639 g/mol. The summed E-state index contributed by atoms with van der Waals surface area (Å²) in [6.45, 7) is 10.9. The van der Waals surface area contributed by atoms with E-state index < -0.39 is 47.2 Å². The van der Waals surface area contributed by atoms with Crippen molar-refractivity contribution in [3.63, 3.8) is 0 Å². The van der Waals surface area contributed by atoms with Gasteiger partial charge in [0.25, 0.3) is 5.91 Å². The van der Waals surface area contributed by atoms with Gasteiger partial charge >= 0.3 is 12.1 Å². The maximum Gasteiger partial charge on any atom is 0.411 e. The van der Waals surface area contributed by atoms with Crippen LogP contribution in [0.25, 0.3) is 0 Å². The molecule has 2 aromatic rings. The quantitative estimate of drug-likeness (QED) is 0.360. The first-order chi connectivity index (χ1) is 19.5. The standard InChI is InChI=1S/C30H37Cl2N3O6S/c1-29(2,3)40-27(38)22(34-25(36)23-17-42-15-14-35(23)28(39)41-30(4,5)6)16-18-10-12-19(13-11-18)33-26(37)24-20(31)8-7-9-21(24)32/h7-13,22-23H,14-17H2,1-6H3,(H,33,37)(H,34,36)/t22-,23-/m0/s1. The van der Waals surface area contributed by atoms with E-state index >= 15 is 0 Å². The number of halogens is 2. The predicted molar refractivity (Wildman–Crippen MR) is 166 cm³/mol. The first kappa shape index (κ1) is 33.6. The van der Waals surface area contributed by atoms with Crippen molar-refractivity contribution >= 4 is 64.5 Å². The minimum absolute atomic E-state index is 0.123. The SMILES string of the molecule is CC(C)(C)OC(=O)[C@H](Cc1ccc(NC(=O)c2c(Cl)cccc2Cl)cc1)NC(=O)[C@@H]1CSCCN1C(=O)OC(C)(C)C. The van der Waals surface area contributed by atoms with E-state index in [-0.39, 0.29) is 22.0 Å². The van der Waals surface area contributed by atoms with Crippen LogP contribution in [0.5, 0.6) is 0 Å². The van der Waals surface area contributed by atoms with Crippen LogP contribution >= 0.6 is 35.0 Å². The van der Waals surface area contributed by atoms with E-state index in [2.05, 4.69) is 10.6 Å². The highest BCUT2D eigenvalue weighted by molar-refractivity contribution is 7.99. The molecule has 9 nitrogen and oxygen atoms in total. The van der Waals surface area contributed by atoms with Crippen LogP contribution in [0.2, 0.25) is 10.0 Å². The van der Waals surface area contributed by atoms with Crippen LogP contribution in [0.1, 0.15) is 57.5 Å². The molecule has 1 aliphatic rings. The number of carbonyl (C=O) groups is 4. The lowest BCUT2D eigenvalue weighted by atomic mass is 10.0. The van der Waals surface area contributed by atoms with E-state index in [9.17, 15) is 19.2 Å². The third-order valence-corrected chi connectivity index (χ3v) is 7.56. The summed E-state index contributed by atoms with van der Waals surface area (Å²) in [7, 11) is 0. The van der Waals surface area contributed by atoms with Crippen molar-refractivity contribution in [1.29, 1.82) is 0 Å². The number of benzene rings is 2. The molecule has 3 rings (SSSR count). The zero-order valence-corrected chi connectivity index (χ0v) is 26.9. The summed E-state index contributed by atoms with van der Waals surface area (Å²) < 4.78 is 11.1. The Labute approximate surface area is 261 Å². The van der Waals surface area contributed by atoms with E-state index in [4.69, 9.17) is 32.7 Å². The van der Waals surface area contributed by atoms with Gasteiger partial charge in [-0.05, 0) is 71.4 Å². The van der Waals surface area contributed by atoms with Crippen LogP contribution in [-0.4, -0.2) is 70.1 Å². The van der Waals surface area contributed by atoms with Gasteiger partial charge in [-0.15, -0.1) is 0 Å². The Morgan fingerprint density at radius 1 is 0.952 bits per heavy atom. The second kappa shape index (κ2) is 14.0. The number of thioether (sulfide) groups is 1. The Kier molecular flexibility index (Phi) is 11.2. The number of nitrogens with zero attached hydrogens (tertiary/aromatic N) is 1. The van der Waals surface area contributed by atoms with Crippen molar-refractivity contribution in [2.45, 2.75) is 71.2 Å². The van der Waals surface area contributed by atoms with Gasteiger partial charge in [0, 0.05) is 30.2 Å². The number of rotatable bonds is 7. The highest BCUT2D eigenvalue weighted by Gasteiger charge is 2.37. The van der Waals surface area contributed by atoms with Gasteiger partial charge in [0.2, 0.25) is 5.91 Å². The summed E-state index contributed by atoms with van der Waals surface area (Å²) in [5.74, 6) is -0.490. The van der Waals surface area contributed by atoms with Crippen molar-refractivity contribution in [3.8, 4) is 0 Å². The topological polar surface area (TPSA) is 114 Å². The lowest BCUT2D eigenvalue weighted by Crippen LogP contribution is -2.58. The lowest BCUT2D eigenvalue weighted by Gasteiger charge is -2.36. The van der Waals surface area contributed by atoms with E-state index in [1.54, 1.807) is 95.8 Å². The van der Waals surface area contributed by atoms with Crippen LogP contribution in [0.15, 0.2) is 42.5 Å². The largest absolute Gasteiger partial charge is 0.458 e. The third-order valence-electron chi connectivity index (χ3n) is 5.91. The van der Waals surface area contributed by atoms with Gasteiger partial charge in [-0.25, -0.2) is 9.59 Å². The molecule has 0 radical (unpaired) electrons. The number of anilines is 1. The van der Waals surface area contributed by atoms with Crippen LogP contribution in [0, 0.1) is 0 Å². The zero-order valence-electron chi connectivity index (χ0n) is 24.6. The van der Waals surface area contributed by atoms with E-state index in [1.807, 2.05) is 0 Å². The average Bonchev–Trinajstić information content (AvgIpc) is 2.87. The fourth-order valence-corrected chi connectivity index (χ4v) is 5.68. The van der Waals surface area contributed by atoms with Crippen LogP contribution in [0.4, 0.5) is 10.5 Å². The minimum atomic E-state index is -1.02. The Hall–Kier alpha value is -2.95. The Balaban J connectivity index is 1.76. The fourth-order valence-electron chi connectivity index (χ4n) is 4.06. The summed E-state index contributed by atoms with van der Waals surface area (Å²) in [5.41, 5.74) is -0.129. The molecule has 228 valence electrons. The molecule has 2 aromatic carbocycles. The molecular weight excluding hydrogens is 601 g/mol. The van der Waals surface area contributed by atoms with Gasteiger partial charge in [0.1, 0.15) is 23.3 Å². The van der Waals surface area contributed by atoms with Gasteiger partial charge < -0.3 is 20.1 Å². The monoisotopic (exact) mass is 637 g/mol. The maximum atomic E-state index is 13.5. The second-order valence-corrected chi connectivity index (χ2v) is 13.8. The highest BCUT2D eigenvalue weighted by atomic mass is 35.5. The van der Waals surface area contributed by atoms with Gasteiger partial charge in [-0.2, -0.15) is 11.8 Å². The second-order valence-electron chi connectivity index (χ2n) is 11.8. The highest BCUT2D eigenvalue weighted by Crippen LogP contribution is 2.26. The third kappa shape index (κ3) is 9.81. The first-order valence-electron chi connectivity index (χ1n) is 13.5. The van der Waals surface area contributed by atoms with E-state index in [1.165, 1.54) is 4.90 Å². The van der Waals surface area contributed by atoms with E-state index in [0.717, 1.165) is 0 Å². The Morgan fingerprint density at radius 2 is 1.55 bits per heavy atom. The molecule has 0 spiro atoms. The van der Waals surface area contributed by atoms with Crippen molar-refractivity contribution in [1.82, 2.24) is 10.2 Å². The molecule has 42 heavy (non-hydrogen) atoms. The first-order valence-corrected chi connectivity index (χ1v) is 15.4. The number of amides is 3. The Morgan fingerprint density at radius 3 is 2.12 bits per heavy atom. The molecule has 3 amide bonds. The van der Waals surface area contributed by atoms with Gasteiger partial charge in [-0.1, -0.05) is 41.4 Å². The molecule has 0 aliphatic carbocycles. The van der Waals surface area contributed by atoms with Crippen LogP contribution < -0.4 is 10.6 Å². The molecular formula is C30H37Cl2N3O6S. The molecule has 0 aromatic heterocycles. The molecule has 2 N–H and O–H groups in total. The van der Waals surface area contributed by atoms with Crippen LogP contribution in [0.3, 0.4) is 0 Å². The Bertz CT molecular complexity index is 1290. The number of esters is 1. The number of carbonyl (C=O) groups excluding carboxylic acids is 4. The van der Waals surface area contributed by atoms with Gasteiger partial charge in [0.15, 0.2) is 0 Å². The van der Waals surface area contributed by atoms with Crippen molar-refractivity contribution in [2.24, 2.45) is 0 Å². The molecule has 2 atom stereocenters. The van der Waals surface area contributed by atoms with Crippen molar-refractivity contribution in [3.05, 3.63) is 63.6 Å². The smallest absolute Gasteiger partial charge is 0.411 e. The predicted octanol–water partition coefficient (Wildman–Crippen LogP) is 5.97. The molecule has 0 bridgehead atoms. The summed E-state index contributed by atoms with van der Waals surface area (Å²) in [4.78, 5) is 53.6. The summed E-state index contributed by atoms with van der Waals surface area (Å²) >= 11 is 13.8. The van der Waals surface area contributed by atoms with E-state index in [0.29, 0.717) is 29.3 Å². The van der Waals surface area contributed by atoms with Gasteiger partial charge in [0.05, 0.1) is 15.6 Å². The molecule has 12 heteroatoms. The summed E-state index contributed by atoms with van der Waals surface area (Å²) in [6, 6.07) is 9.79. The normalized spacial score (nSPS) is 16.3. The summed E-state index contributed by atoms with van der Waals surface area (Å²) in [5, 5.41) is 6.03. The zero-order chi connectivity index (χ0) is 31.2. The lowest BCUT2D eigenvalue weighted by molar-refractivity contribution is -0.158. The molecule has 0 unspecified atom stereocenters. The number of hydrogen-bond donors (Lipinski definition) is 2. The molecule has 1 aliphatic heterocycles. The fraction of sp³-hybridized carbons (Fsp3) is 0.467. The van der Waals surface area contributed by atoms with Crippen molar-refractivity contribution in [2.75, 3.05) is 23.4 Å². The molecule has 1 saturated heterocycles.